The molecule has 2 aromatic rings. The van der Waals surface area contributed by atoms with Crippen LogP contribution >= 0.6 is 11.6 Å². The fraction of sp³-hybridized carbons (Fsp3) is 0.526. The molecular weight excluding hydrogens is 306 g/mol. The number of fused-ring (bicyclic) bond motifs is 5. The third kappa shape index (κ3) is 3.46. The first-order valence-electron chi connectivity index (χ1n) is 8.78. The number of pyridine rings is 1. The van der Waals surface area contributed by atoms with Crippen LogP contribution in [0.3, 0.4) is 0 Å². The molecule has 5 rings (SSSR count). The van der Waals surface area contributed by atoms with E-state index in [9.17, 15) is 0 Å². The number of hydrogen-bond donors (Lipinski definition) is 1. The van der Waals surface area contributed by atoms with Gasteiger partial charge in [-0.15, -0.1) is 0 Å². The Morgan fingerprint density at radius 3 is 2.57 bits per heavy atom. The summed E-state index contributed by atoms with van der Waals surface area (Å²) >= 11 is 6.06. The van der Waals surface area contributed by atoms with E-state index in [0.717, 1.165) is 46.5 Å². The largest absolute Gasteiger partial charge is 0.383 e. The maximum Gasteiger partial charge on any atom is 0.0737 e. The topological polar surface area (TPSA) is 28.2 Å². The Hall–Kier alpha value is -1.32. The van der Waals surface area contributed by atoms with Crippen LogP contribution < -0.4 is 5.32 Å². The first kappa shape index (κ1) is 15.2. The van der Waals surface area contributed by atoms with Crippen molar-refractivity contribution >= 4 is 28.2 Å². The molecule has 3 nitrogen and oxygen atoms in total. The molecule has 0 radical (unpaired) electrons. The van der Waals surface area contributed by atoms with E-state index in [1.165, 1.54) is 38.8 Å². The van der Waals surface area contributed by atoms with Gasteiger partial charge in [0.1, 0.15) is 0 Å². The number of anilines is 1. The van der Waals surface area contributed by atoms with E-state index < -0.39 is 0 Å². The Balaban J connectivity index is 1.40. The summed E-state index contributed by atoms with van der Waals surface area (Å²) in [6.45, 7) is 4.71. The second-order valence-corrected chi connectivity index (χ2v) is 7.53. The van der Waals surface area contributed by atoms with Gasteiger partial charge in [0, 0.05) is 48.5 Å². The maximum atomic E-state index is 6.06. The van der Waals surface area contributed by atoms with Gasteiger partial charge in [-0.05, 0) is 61.8 Å². The Morgan fingerprint density at radius 2 is 1.83 bits per heavy atom. The molecule has 2 aliphatic heterocycles. The minimum Gasteiger partial charge on any atom is -0.383 e. The number of nitrogens with one attached hydrogen (secondary N) is 1. The number of benzene rings is 1. The van der Waals surface area contributed by atoms with Crippen molar-refractivity contribution in [2.24, 2.45) is 11.8 Å². The Bertz CT molecular complexity index is 665. The van der Waals surface area contributed by atoms with E-state index in [1.54, 1.807) is 0 Å². The van der Waals surface area contributed by atoms with Crippen LogP contribution in [-0.2, 0) is 0 Å². The highest BCUT2D eigenvalue weighted by Crippen LogP contribution is 2.33. The number of aromatic nitrogens is 1. The van der Waals surface area contributed by atoms with E-state index in [2.05, 4.69) is 27.3 Å². The van der Waals surface area contributed by atoms with Crippen molar-refractivity contribution in [3.63, 3.8) is 0 Å². The van der Waals surface area contributed by atoms with E-state index >= 15 is 0 Å². The Labute approximate surface area is 143 Å². The van der Waals surface area contributed by atoms with Gasteiger partial charge in [-0.25, -0.2) is 0 Å². The minimum absolute atomic E-state index is 0.738. The summed E-state index contributed by atoms with van der Waals surface area (Å²) in [5, 5.41) is 5.48. The SMILES string of the molecule is Clc1ccc2c(NCCN3CC4CCC(CC4)C3)ccnc2c1. The first-order chi connectivity index (χ1) is 11.3. The Kier molecular flexibility index (Phi) is 4.41. The van der Waals surface area contributed by atoms with E-state index in [1.807, 2.05) is 18.3 Å². The minimum atomic E-state index is 0.738. The molecule has 2 saturated heterocycles. The molecule has 1 aromatic carbocycles. The molecule has 2 bridgehead atoms. The van der Waals surface area contributed by atoms with Crippen LogP contribution in [0, 0.1) is 11.8 Å². The molecule has 4 heteroatoms. The average molecular weight is 330 g/mol. The molecule has 1 N–H and O–H groups in total. The highest BCUT2D eigenvalue weighted by Gasteiger charge is 2.28. The molecule has 1 aromatic heterocycles. The van der Waals surface area contributed by atoms with Crippen molar-refractivity contribution in [3.05, 3.63) is 35.5 Å². The van der Waals surface area contributed by atoms with Crippen LogP contribution in [0.25, 0.3) is 10.9 Å². The third-order valence-corrected chi connectivity index (χ3v) is 5.68. The zero-order valence-electron chi connectivity index (χ0n) is 13.5. The monoisotopic (exact) mass is 329 g/mol. The molecular formula is C19H24ClN3. The van der Waals surface area contributed by atoms with Gasteiger partial charge in [-0.1, -0.05) is 11.6 Å². The predicted molar refractivity (Wildman–Crippen MR) is 97.1 cm³/mol. The molecule has 122 valence electrons. The van der Waals surface area contributed by atoms with Gasteiger partial charge in [-0.2, -0.15) is 0 Å². The summed E-state index contributed by atoms with van der Waals surface area (Å²) in [5.41, 5.74) is 2.11. The van der Waals surface area contributed by atoms with Crippen molar-refractivity contribution in [2.75, 3.05) is 31.5 Å². The maximum absolute atomic E-state index is 6.06. The first-order valence-corrected chi connectivity index (χ1v) is 9.16. The lowest BCUT2D eigenvalue weighted by Gasteiger charge is -2.22. The van der Waals surface area contributed by atoms with Crippen molar-refractivity contribution in [2.45, 2.75) is 25.7 Å². The molecule has 0 atom stereocenters. The summed E-state index contributed by atoms with van der Waals surface area (Å²) in [5.74, 6) is 1.88. The highest BCUT2D eigenvalue weighted by molar-refractivity contribution is 6.31. The van der Waals surface area contributed by atoms with Gasteiger partial charge in [0.05, 0.1) is 5.52 Å². The molecule has 23 heavy (non-hydrogen) atoms. The van der Waals surface area contributed by atoms with Crippen LogP contribution in [-0.4, -0.2) is 36.1 Å². The Morgan fingerprint density at radius 1 is 1.09 bits per heavy atom. The van der Waals surface area contributed by atoms with Gasteiger partial charge < -0.3 is 10.2 Å². The molecule has 0 amide bonds. The zero-order valence-corrected chi connectivity index (χ0v) is 14.2. The normalized spacial score (nSPS) is 24.7. The van der Waals surface area contributed by atoms with Crippen molar-refractivity contribution in [3.8, 4) is 0 Å². The van der Waals surface area contributed by atoms with Crippen LogP contribution in [0.15, 0.2) is 30.5 Å². The summed E-state index contributed by atoms with van der Waals surface area (Å²) in [7, 11) is 0. The van der Waals surface area contributed by atoms with Gasteiger partial charge in [0.15, 0.2) is 0 Å². The fourth-order valence-electron chi connectivity index (χ4n) is 4.21. The second kappa shape index (κ2) is 6.66. The van der Waals surface area contributed by atoms with E-state index in [0.29, 0.717) is 0 Å². The lowest BCUT2D eigenvalue weighted by atomic mass is 9.84. The number of nitrogens with zero attached hydrogens (tertiary/aromatic N) is 2. The predicted octanol–water partition coefficient (Wildman–Crippen LogP) is 4.42. The summed E-state index contributed by atoms with van der Waals surface area (Å²) in [6, 6.07) is 7.97. The van der Waals surface area contributed by atoms with Crippen LogP contribution in [0.2, 0.25) is 5.02 Å². The second-order valence-electron chi connectivity index (χ2n) is 7.09. The molecule has 3 heterocycles. The lowest BCUT2D eigenvalue weighted by molar-refractivity contribution is 0.262. The smallest absolute Gasteiger partial charge is 0.0737 e. The quantitative estimate of drug-likeness (QED) is 0.899. The molecule has 1 aliphatic carbocycles. The summed E-state index contributed by atoms with van der Waals surface area (Å²) < 4.78 is 0. The van der Waals surface area contributed by atoms with E-state index in [-0.39, 0.29) is 0 Å². The standard InChI is InChI=1S/C19H24ClN3/c20-16-5-6-17-18(7-8-21-19(17)11-16)22-9-10-23-12-14-1-2-15(13-23)4-3-14/h5-8,11,14-15H,1-4,9-10,12-13H2,(H,21,22). The van der Waals surface area contributed by atoms with Crippen molar-refractivity contribution in [1.29, 1.82) is 0 Å². The van der Waals surface area contributed by atoms with Gasteiger partial charge in [0.2, 0.25) is 0 Å². The summed E-state index contributed by atoms with van der Waals surface area (Å²) in [4.78, 5) is 7.08. The molecule has 0 spiro atoms. The number of hydrogen-bond acceptors (Lipinski definition) is 3. The number of rotatable bonds is 4. The molecule has 0 unspecified atom stereocenters. The van der Waals surface area contributed by atoms with Gasteiger partial charge >= 0.3 is 0 Å². The van der Waals surface area contributed by atoms with Crippen LogP contribution in [0.1, 0.15) is 25.7 Å². The van der Waals surface area contributed by atoms with Crippen molar-refractivity contribution < 1.29 is 0 Å². The van der Waals surface area contributed by atoms with Gasteiger partial charge in [0.25, 0.3) is 0 Å². The lowest BCUT2D eigenvalue weighted by Crippen LogP contribution is -2.32. The molecule has 3 fully saturated rings. The third-order valence-electron chi connectivity index (χ3n) is 5.45. The summed E-state index contributed by atoms with van der Waals surface area (Å²) in [6.07, 6.45) is 7.65. The van der Waals surface area contributed by atoms with Gasteiger partial charge in [-0.3, -0.25) is 4.98 Å². The van der Waals surface area contributed by atoms with Crippen LogP contribution in [0.5, 0.6) is 0 Å². The molecule has 3 aliphatic rings. The molecule has 1 saturated carbocycles. The highest BCUT2D eigenvalue weighted by atomic mass is 35.5. The van der Waals surface area contributed by atoms with Crippen LogP contribution in [0.4, 0.5) is 5.69 Å². The number of halogens is 1. The average Bonchev–Trinajstić information content (AvgIpc) is 2.87. The van der Waals surface area contributed by atoms with Crippen molar-refractivity contribution in [1.82, 2.24) is 9.88 Å². The van der Waals surface area contributed by atoms with E-state index in [4.69, 9.17) is 11.6 Å². The fourth-order valence-corrected chi connectivity index (χ4v) is 4.37. The zero-order chi connectivity index (χ0) is 15.6.